The van der Waals surface area contributed by atoms with E-state index in [4.69, 9.17) is 5.11 Å². The molecule has 4 nitrogen and oxygen atoms in total. The van der Waals surface area contributed by atoms with E-state index in [0.717, 1.165) is 26.1 Å². The van der Waals surface area contributed by atoms with Gasteiger partial charge in [0.2, 0.25) is 0 Å². The molecule has 0 radical (unpaired) electrons. The maximum Gasteiger partial charge on any atom is 0.323 e. The van der Waals surface area contributed by atoms with Crippen LogP contribution < -0.4 is 10.6 Å². The number of nitrogens with one attached hydrogen (secondary N) is 2. The van der Waals surface area contributed by atoms with E-state index >= 15 is 0 Å². The summed E-state index contributed by atoms with van der Waals surface area (Å²) >= 11 is 0. The number of carboxylic acids is 1. The largest absolute Gasteiger partial charge is 0.480 e. The van der Waals surface area contributed by atoms with Crippen molar-refractivity contribution >= 4 is 5.97 Å². The molecule has 14 heavy (non-hydrogen) atoms. The van der Waals surface area contributed by atoms with Gasteiger partial charge in [0.1, 0.15) is 5.54 Å². The van der Waals surface area contributed by atoms with Gasteiger partial charge in [0.25, 0.3) is 0 Å². The molecule has 0 aliphatic rings. The molecule has 0 rings (SSSR count). The number of carboxylic acid groups (broad SMARTS) is 1. The van der Waals surface area contributed by atoms with Crippen molar-refractivity contribution in [2.24, 2.45) is 0 Å². The smallest absolute Gasteiger partial charge is 0.323 e. The highest BCUT2D eigenvalue weighted by atomic mass is 16.4. The van der Waals surface area contributed by atoms with Crippen molar-refractivity contribution in [2.45, 2.75) is 39.2 Å². The lowest BCUT2D eigenvalue weighted by Crippen LogP contribution is -2.49. The maximum atomic E-state index is 10.9. The van der Waals surface area contributed by atoms with Crippen molar-refractivity contribution in [2.75, 3.05) is 19.6 Å². The molecular weight excluding hydrogens is 180 g/mol. The Labute approximate surface area is 86.1 Å². The molecular formula is C10H22N2O2. The molecule has 0 aliphatic heterocycles. The molecule has 0 saturated carbocycles. The van der Waals surface area contributed by atoms with Crippen molar-refractivity contribution in [1.29, 1.82) is 0 Å². The second-order valence-corrected chi connectivity index (χ2v) is 3.62. The Morgan fingerprint density at radius 3 is 2.43 bits per heavy atom. The third kappa shape index (κ3) is 4.58. The minimum atomic E-state index is -0.775. The molecule has 4 heteroatoms. The first-order chi connectivity index (χ1) is 6.56. The lowest BCUT2D eigenvalue weighted by Gasteiger charge is -2.24. The number of hydrogen-bond donors (Lipinski definition) is 3. The molecule has 1 unspecified atom stereocenters. The average molecular weight is 202 g/mol. The van der Waals surface area contributed by atoms with Crippen LogP contribution in [0.15, 0.2) is 0 Å². The monoisotopic (exact) mass is 202 g/mol. The molecule has 0 aromatic carbocycles. The minimum absolute atomic E-state index is 0.601. The molecule has 0 aromatic rings. The van der Waals surface area contributed by atoms with E-state index in [2.05, 4.69) is 17.6 Å². The number of hydrogen-bond acceptors (Lipinski definition) is 3. The van der Waals surface area contributed by atoms with Crippen molar-refractivity contribution in [3.63, 3.8) is 0 Å². The van der Waals surface area contributed by atoms with E-state index in [-0.39, 0.29) is 0 Å². The highest BCUT2D eigenvalue weighted by Crippen LogP contribution is 2.08. The summed E-state index contributed by atoms with van der Waals surface area (Å²) in [7, 11) is 0. The van der Waals surface area contributed by atoms with Crippen molar-refractivity contribution in [3.8, 4) is 0 Å². The maximum absolute atomic E-state index is 10.9. The fourth-order valence-electron chi connectivity index (χ4n) is 1.11. The Balaban J connectivity index is 3.68. The summed E-state index contributed by atoms with van der Waals surface area (Å²) in [5, 5.41) is 15.2. The normalized spacial score (nSPS) is 15.1. The Morgan fingerprint density at radius 2 is 2.00 bits per heavy atom. The number of rotatable bonds is 8. The van der Waals surface area contributed by atoms with Gasteiger partial charge in [-0.25, -0.2) is 0 Å². The summed E-state index contributed by atoms with van der Waals surface area (Å²) in [4.78, 5) is 10.9. The van der Waals surface area contributed by atoms with E-state index in [1.165, 1.54) is 0 Å². The van der Waals surface area contributed by atoms with Crippen LogP contribution in [0.5, 0.6) is 0 Å². The second-order valence-electron chi connectivity index (χ2n) is 3.62. The van der Waals surface area contributed by atoms with E-state index in [9.17, 15) is 4.79 Å². The number of aliphatic carboxylic acids is 1. The molecule has 0 amide bonds. The standard InChI is InChI=1S/C10H22N2O2/c1-4-10(3,9(13)14)12-8-6-7-11-5-2/h11-12H,4-8H2,1-3H3,(H,13,14). The SMILES string of the molecule is CCNCCCNC(C)(CC)C(=O)O. The van der Waals surface area contributed by atoms with Crippen molar-refractivity contribution in [3.05, 3.63) is 0 Å². The summed E-state index contributed by atoms with van der Waals surface area (Å²) < 4.78 is 0. The average Bonchev–Trinajstić information content (AvgIpc) is 2.17. The van der Waals surface area contributed by atoms with Crippen LogP contribution in [-0.2, 0) is 4.79 Å². The Bertz CT molecular complexity index is 174. The fraction of sp³-hybridized carbons (Fsp3) is 0.900. The van der Waals surface area contributed by atoms with Crippen LogP contribution in [-0.4, -0.2) is 36.2 Å². The highest BCUT2D eigenvalue weighted by molar-refractivity contribution is 5.78. The van der Waals surface area contributed by atoms with Gasteiger partial charge < -0.3 is 15.7 Å². The first-order valence-corrected chi connectivity index (χ1v) is 5.26. The van der Waals surface area contributed by atoms with Gasteiger partial charge in [0.05, 0.1) is 0 Å². The topological polar surface area (TPSA) is 61.4 Å². The van der Waals surface area contributed by atoms with Crippen LogP contribution in [0.3, 0.4) is 0 Å². The van der Waals surface area contributed by atoms with Crippen LogP contribution in [0.4, 0.5) is 0 Å². The van der Waals surface area contributed by atoms with Gasteiger partial charge in [-0.1, -0.05) is 13.8 Å². The molecule has 84 valence electrons. The summed E-state index contributed by atoms with van der Waals surface area (Å²) in [5.74, 6) is -0.775. The van der Waals surface area contributed by atoms with Crippen LogP contribution in [0.1, 0.15) is 33.6 Å². The van der Waals surface area contributed by atoms with Crippen LogP contribution in [0, 0.1) is 0 Å². The van der Waals surface area contributed by atoms with Gasteiger partial charge in [0.15, 0.2) is 0 Å². The van der Waals surface area contributed by atoms with Crippen LogP contribution in [0.25, 0.3) is 0 Å². The zero-order chi connectivity index (χ0) is 11.0. The molecule has 0 aliphatic carbocycles. The van der Waals surface area contributed by atoms with E-state index in [1.54, 1.807) is 6.92 Å². The quantitative estimate of drug-likeness (QED) is 0.510. The molecule has 0 aromatic heterocycles. The molecule has 0 heterocycles. The van der Waals surface area contributed by atoms with Crippen molar-refractivity contribution < 1.29 is 9.90 Å². The fourth-order valence-corrected chi connectivity index (χ4v) is 1.11. The second kappa shape index (κ2) is 6.79. The van der Waals surface area contributed by atoms with Gasteiger partial charge in [-0.15, -0.1) is 0 Å². The Hall–Kier alpha value is -0.610. The third-order valence-corrected chi connectivity index (χ3v) is 2.47. The molecule has 0 spiro atoms. The van der Waals surface area contributed by atoms with Gasteiger partial charge in [-0.2, -0.15) is 0 Å². The Morgan fingerprint density at radius 1 is 1.36 bits per heavy atom. The molecule has 1 atom stereocenters. The molecule has 3 N–H and O–H groups in total. The first kappa shape index (κ1) is 13.4. The molecule has 0 fully saturated rings. The predicted octanol–water partition coefficient (Wildman–Crippen LogP) is 0.829. The van der Waals surface area contributed by atoms with Crippen LogP contribution >= 0.6 is 0 Å². The predicted molar refractivity (Wildman–Crippen MR) is 57.5 cm³/mol. The van der Waals surface area contributed by atoms with E-state index < -0.39 is 11.5 Å². The highest BCUT2D eigenvalue weighted by Gasteiger charge is 2.29. The summed E-state index contributed by atoms with van der Waals surface area (Å²) in [5.41, 5.74) is -0.772. The first-order valence-electron chi connectivity index (χ1n) is 5.26. The lowest BCUT2D eigenvalue weighted by molar-refractivity contribution is -0.144. The molecule has 0 bridgehead atoms. The van der Waals surface area contributed by atoms with E-state index in [0.29, 0.717) is 6.42 Å². The minimum Gasteiger partial charge on any atom is -0.480 e. The molecule has 0 saturated heterocycles. The summed E-state index contributed by atoms with van der Waals surface area (Å²) in [6, 6.07) is 0. The van der Waals surface area contributed by atoms with Crippen LogP contribution in [0.2, 0.25) is 0 Å². The zero-order valence-corrected chi connectivity index (χ0v) is 9.39. The van der Waals surface area contributed by atoms with Crippen molar-refractivity contribution in [1.82, 2.24) is 10.6 Å². The zero-order valence-electron chi connectivity index (χ0n) is 9.39. The summed E-state index contributed by atoms with van der Waals surface area (Å²) in [6.45, 7) is 8.30. The van der Waals surface area contributed by atoms with Gasteiger partial charge in [-0.3, -0.25) is 4.79 Å². The summed E-state index contributed by atoms with van der Waals surface area (Å²) in [6.07, 6.45) is 1.56. The Kier molecular flexibility index (Phi) is 6.49. The van der Waals surface area contributed by atoms with Gasteiger partial charge in [-0.05, 0) is 39.4 Å². The lowest BCUT2D eigenvalue weighted by atomic mass is 9.99. The van der Waals surface area contributed by atoms with Gasteiger partial charge in [0, 0.05) is 0 Å². The number of carbonyl (C=O) groups is 1. The van der Waals surface area contributed by atoms with E-state index in [1.807, 2.05) is 6.92 Å². The van der Waals surface area contributed by atoms with Gasteiger partial charge >= 0.3 is 5.97 Å². The third-order valence-electron chi connectivity index (χ3n) is 2.47.